The van der Waals surface area contributed by atoms with E-state index in [-0.39, 0.29) is 28.2 Å². The van der Waals surface area contributed by atoms with Gasteiger partial charge in [0.2, 0.25) is 0 Å². The molecule has 12 heteroatoms. The van der Waals surface area contributed by atoms with Crippen molar-refractivity contribution in [2.75, 3.05) is 44.1 Å². The average molecular weight is 499 g/mol. The quantitative estimate of drug-likeness (QED) is 0.221. The summed E-state index contributed by atoms with van der Waals surface area (Å²) in [7, 11) is 1.54. The number of likely N-dealkylation sites (N-methyl/N-ethyl adjacent to an activating group) is 1. The Bertz CT molecular complexity index is 1340. The van der Waals surface area contributed by atoms with E-state index in [2.05, 4.69) is 32.4 Å². The van der Waals surface area contributed by atoms with Gasteiger partial charge in [-0.25, -0.2) is 4.98 Å². The van der Waals surface area contributed by atoms with Gasteiger partial charge in [0.05, 0.1) is 13.2 Å². The van der Waals surface area contributed by atoms with Gasteiger partial charge in [0, 0.05) is 26.4 Å². The highest BCUT2D eigenvalue weighted by atomic mass is 32.1. The summed E-state index contributed by atoms with van der Waals surface area (Å²) < 4.78 is 12.0. The summed E-state index contributed by atoms with van der Waals surface area (Å²) in [5, 5.41) is 17.3. The number of carbonyl (C=O) groups excluding carboxylic acids is 2. The van der Waals surface area contributed by atoms with Crippen molar-refractivity contribution in [1.82, 2.24) is 14.9 Å². The summed E-state index contributed by atoms with van der Waals surface area (Å²) in [6.45, 7) is 4.79. The lowest BCUT2D eigenvalue weighted by molar-refractivity contribution is -0.121. The number of hydrogen-bond donors (Lipinski definition) is 3. The van der Waals surface area contributed by atoms with Gasteiger partial charge in [-0.15, -0.1) is 0 Å². The van der Waals surface area contributed by atoms with Crippen LogP contribution in [-0.2, 0) is 25.6 Å². The molecular formula is C23H26N6O5S. The fourth-order valence-electron chi connectivity index (χ4n) is 2.62. The molecule has 2 rings (SSSR count). The molecule has 0 radical (unpaired) electrons. The zero-order valence-electron chi connectivity index (χ0n) is 19.6. The number of nitriles is 1. The standard InChI is InChI=1S/C23H26N6O5S/c1-4-25-22(31)16(14-24)13-21-29(5-2)23(32)17(35-21)9-10-26-18-7-6-8-19(27-18)28-20(30)15-34-12-11-33-3/h6-8,10H,4-5,11-12,15H2,1-3H3,(H,25,31)(H2,26,27,28,30). The molecule has 0 fully saturated rings. The molecule has 0 unspecified atom stereocenters. The number of nitrogens with one attached hydrogen (secondary N) is 3. The molecule has 184 valence electrons. The van der Waals surface area contributed by atoms with E-state index in [1.807, 2.05) is 6.07 Å². The van der Waals surface area contributed by atoms with E-state index >= 15 is 0 Å². The van der Waals surface area contributed by atoms with Crippen LogP contribution in [0.3, 0.4) is 0 Å². The number of carbonyl (C=O) groups is 2. The van der Waals surface area contributed by atoms with Gasteiger partial charge in [-0.3, -0.25) is 19.0 Å². The average Bonchev–Trinajstić information content (AvgIpc) is 3.14. The van der Waals surface area contributed by atoms with Crippen molar-refractivity contribution >= 4 is 46.2 Å². The van der Waals surface area contributed by atoms with Crippen LogP contribution in [0, 0.1) is 11.3 Å². The number of ether oxygens (including phenoxy) is 2. The number of thiazole rings is 1. The van der Waals surface area contributed by atoms with Crippen LogP contribution in [0.1, 0.15) is 13.8 Å². The van der Waals surface area contributed by atoms with Crippen LogP contribution in [0.25, 0.3) is 11.5 Å². The molecule has 2 aromatic rings. The van der Waals surface area contributed by atoms with E-state index in [0.29, 0.717) is 42.6 Å². The Morgan fingerprint density at radius 1 is 1.26 bits per heavy atom. The Hall–Kier alpha value is -3.97. The molecule has 3 N–H and O–H groups in total. The Kier molecular flexibility index (Phi) is 11.2. The number of aromatic nitrogens is 2. The van der Waals surface area contributed by atoms with E-state index in [4.69, 9.17) is 9.47 Å². The van der Waals surface area contributed by atoms with Crippen LogP contribution in [0.2, 0.25) is 0 Å². The lowest BCUT2D eigenvalue weighted by Crippen LogP contribution is -2.30. The molecule has 2 amide bonds. The van der Waals surface area contributed by atoms with Crippen molar-refractivity contribution < 1.29 is 19.1 Å². The lowest BCUT2D eigenvalue weighted by atomic mass is 10.3. The third kappa shape index (κ3) is 8.39. The number of pyridine rings is 1. The molecule has 11 nitrogen and oxygen atoms in total. The zero-order valence-corrected chi connectivity index (χ0v) is 20.5. The highest BCUT2D eigenvalue weighted by Gasteiger charge is 2.08. The lowest BCUT2D eigenvalue weighted by Gasteiger charge is -2.06. The second-order valence-electron chi connectivity index (χ2n) is 6.69. The fourth-order valence-corrected chi connectivity index (χ4v) is 3.60. The molecule has 0 aliphatic heterocycles. The molecular weight excluding hydrogens is 472 g/mol. The Labute approximate surface area is 205 Å². The Morgan fingerprint density at radius 3 is 2.71 bits per heavy atom. The third-order valence-corrected chi connectivity index (χ3v) is 5.22. The minimum absolute atomic E-state index is 0.125. The third-order valence-electron chi connectivity index (χ3n) is 4.21. The van der Waals surface area contributed by atoms with Crippen LogP contribution < -0.4 is 30.7 Å². The predicted molar refractivity (Wildman–Crippen MR) is 132 cm³/mol. The number of rotatable bonds is 11. The van der Waals surface area contributed by atoms with E-state index in [0.717, 1.165) is 11.3 Å². The monoisotopic (exact) mass is 498 g/mol. The summed E-state index contributed by atoms with van der Waals surface area (Å²) in [6.07, 6.45) is 1.41. The smallest absolute Gasteiger partial charge is 0.277 e. The van der Waals surface area contributed by atoms with Gasteiger partial charge in [0.15, 0.2) is 5.57 Å². The van der Waals surface area contributed by atoms with Crippen molar-refractivity contribution in [3.05, 3.63) is 49.5 Å². The molecule has 0 saturated heterocycles. The molecule has 2 heterocycles. The van der Waals surface area contributed by atoms with E-state index in [1.165, 1.54) is 10.8 Å². The van der Waals surface area contributed by atoms with Gasteiger partial charge in [-0.1, -0.05) is 28.9 Å². The number of hydrogen-bond acceptors (Lipinski definition) is 9. The fraction of sp³-hybridized carbons (Fsp3) is 0.348. The second kappa shape index (κ2) is 14.3. The van der Waals surface area contributed by atoms with Gasteiger partial charge in [0.25, 0.3) is 17.4 Å². The first-order valence-corrected chi connectivity index (χ1v) is 11.5. The predicted octanol–water partition coefficient (Wildman–Crippen LogP) is -0.103. The Morgan fingerprint density at radius 2 is 2.03 bits per heavy atom. The second-order valence-corrected chi connectivity index (χ2v) is 7.69. The maximum absolute atomic E-state index is 12.7. The first kappa shape index (κ1) is 27.3. The minimum Gasteiger partial charge on any atom is -0.382 e. The first-order chi connectivity index (χ1) is 16.9. The van der Waals surface area contributed by atoms with E-state index in [1.54, 1.807) is 39.2 Å². The first-order valence-electron chi connectivity index (χ1n) is 10.7. The topological polar surface area (TPSA) is 147 Å². The number of methoxy groups -OCH3 is 1. The van der Waals surface area contributed by atoms with Crippen LogP contribution in [0.15, 0.2) is 34.8 Å². The van der Waals surface area contributed by atoms with Crippen molar-refractivity contribution in [3.63, 3.8) is 0 Å². The normalized spacial score (nSPS) is 9.89. The van der Waals surface area contributed by atoms with Gasteiger partial charge in [0.1, 0.15) is 33.5 Å². The van der Waals surface area contributed by atoms with Gasteiger partial charge in [-0.2, -0.15) is 5.26 Å². The van der Waals surface area contributed by atoms with Crippen LogP contribution >= 0.6 is 11.3 Å². The van der Waals surface area contributed by atoms with Gasteiger partial charge < -0.3 is 25.4 Å². The van der Waals surface area contributed by atoms with Crippen LogP contribution in [-0.4, -0.2) is 54.8 Å². The minimum atomic E-state index is -0.555. The molecule has 0 aliphatic rings. The maximum atomic E-state index is 12.7. The number of amides is 2. The van der Waals surface area contributed by atoms with Crippen molar-refractivity contribution in [3.8, 4) is 6.07 Å². The van der Waals surface area contributed by atoms with Crippen LogP contribution in [0.5, 0.6) is 0 Å². The largest absolute Gasteiger partial charge is 0.382 e. The summed E-state index contributed by atoms with van der Waals surface area (Å²) in [4.78, 5) is 40.8. The highest BCUT2D eigenvalue weighted by molar-refractivity contribution is 7.07. The summed E-state index contributed by atoms with van der Waals surface area (Å²) >= 11 is 1.05. The summed E-state index contributed by atoms with van der Waals surface area (Å²) in [5.41, 5.74) is 5.05. The van der Waals surface area contributed by atoms with Crippen molar-refractivity contribution in [2.24, 2.45) is 0 Å². The molecule has 0 aliphatic carbocycles. The van der Waals surface area contributed by atoms with Crippen LogP contribution in [0.4, 0.5) is 11.6 Å². The number of anilines is 2. The van der Waals surface area contributed by atoms with Crippen molar-refractivity contribution in [1.29, 1.82) is 5.26 Å². The zero-order chi connectivity index (χ0) is 25.6. The molecule has 0 atom stereocenters. The van der Waals surface area contributed by atoms with Gasteiger partial charge in [-0.05, 0) is 26.0 Å². The summed E-state index contributed by atoms with van der Waals surface area (Å²) in [6, 6.07) is 6.81. The number of nitrogens with zero attached hydrogens (tertiary/aromatic N) is 3. The summed E-state index contributed by atoms with van der Waals surface area (Å²) in [5.74, 6) is -0.171. The maximum Gasteiger partial charge on any atom is 0.277 e. The van der Waals surface area contributed by atoms with E-state index < -0.39 is 5.91 Å². The Balaban J connectivity index is 2.26. The van der Waals surface area contributed by atoms with Gasteiger partial charge >= 0.3 is 0 Å². The SMILES string of the molecule is CCNC(=O)C(=C=c1sc(=C=CNc2cccc(NC(=O)COCCOC)n2)c(=O)n1CC)C#N. The molecule has 35 heavy (non-hydrogen) atoms. The molecule has 0 saturated carbocycles. The molecule has 2 aromatic heterocycles. The molecule has 0 bridgehead atoms. The molecule has 0 spiro atoms. The van der Waals surface area contributed by atoms with E-state index in [9.17, 15) is 19.6 Å². The molecule has 0 aromatic carbocycles. The van der Waals surface area contributed by atoms with Crippen molar-refractivity contribution in [2.45, 2.75) is 20.4 Å². The highest BCUT2D eigenvalue weighted by Crippen LogP contribution is 2.08.